The Morgan fingerprint density at radius 1 is 1.36 bits per heavy atom. The van der Waals surface area contributed by atoms with Gasteiger partial charge in [-0.2, -0.15) is 0 Å². The van der Waals surface area contributed by atoms with Gasteiger partial charge in [0, 0.05) is 17.8 Å². The Morgan fingerprint density at radius 3 is 2.73 bits per heavy atom. The number of aryl methyl sites for hydroxylation is 1. The SMILES string of the molecule is CC(=O)c1ccc(CCNCCn2cc[n+](C)c2)c(N)c1.[Cl-]. The lowest BCUT2D eigenvalue weighted by Gasteiger charge is -2.08. The van der Waals surface area contributed by atoms with Crippen LogP contribution in [0.25, 0.3) is 0 Å². The van der Waals surface area contributed by atoms with Gasteiger partial charge < -0.3 is 23.5 Å². The van der Waals surface area contributed by atoms with Gasteiger partial charge in [0.25, 0.3) is 0 Å². The fourth-order valence-electron chi connectivity index (χ4n) is 2.23. The number of rotatable bonds is 7. The fraction of sp³-hybridized carbons (Fsp3) is 0.375. The van der Waals surface area contributed by atoms with E-state index in [1.807, 2.05) is 29.9 Å². The third-order valence-corrected chi connectivity index (χ3v) is 3.49. The molecule has 6 heteroatoms. The first-order valence-electron chi connectivity index (χ1n) is 7.17. The molecular weight excluding hydrogens is 300 g/mol. The molecule has 0 unspecified atom stereocenters. The maximum absolute atomic E-state index is 11.3. The van der Waals surface area contributed by atoms with Gasteiger partial charge in [-0.1, -0.05) is 12.1 Å². The van der Waals surface area contributed by atoms with E-state index in [0.717, 1.165) is 31.6 Å². The predicted octanol–water partition coefficient (Wildman–Crippen LogP) is -2.07. The third kappa shape index (κ3) is 5.16. The van der Waals surface area contributed by atoms with E-state index in [4.69, 9.17) is 5.73 Å². The molecule has 0 radical (unpaired) electrons. The zero-order valence-corrected chi connectivity index (χ0v) is 13.8. The second-order valence-electron chi connectivity index (χ2n) is 5.29. The van der Waals surface area contributed by atoms with Crippen molar-refractivity contribution in [1.82, 2.24) is 9.88 Å². The highest BCUT2D eigenvalue weighted by Crippen LogP contribution is 2.15. The molecule has 0 aliphatic rings. The minimum absolute atomic E-state index is 0. The molecule has 2 aromatic rings. The Kier molecular flexibility index (Phi) is 7.08. The molecule has 0 fully saturated rings. The summed E-state index contributed by atoms with van der Waals surface area (Å²) in [5.74, 6) is 0.0475. The molecule has 1 heterocycles. The van der Waals surface area contributed by atoms with E-state index >= 15 is 0 Å². The number of benzene rings is 1. The summed E-state index contributed by atoms with van der Waals surface area (Å²) in [6, 6.07) is 5.55. The molecule has 0 aliphatic heterocycles. The highest BCUT2D eigenvalue weighted by molar-refractivity contribution is 5.95. The first-order valence-corrected chi connectivity index (χ1v) is 7.17. The number of nitrogen functional groups attached to an aromatic ring is 1. The topological polar surface area (TPSA) is 63.9 Å². The first-order chi connectivity index (χ1) is 10.1. The van der Waals surface area contributed by atoms with Crippen molar-refractivity contribution in [1.29, 1.82) is 0 Å². The van der Waals surface area contributed by atoms with Crippen molar-refractivity contribution < 1.29 is 21.8 Å². The molecule has 0 saturated carbocycles. The fourth-order valence-corrected chi connectivity index (χ4v) is 2.23. The summed E-state index contributed by atoms with van der Waals surface area (Å²) in [6.07, 6.45) is 7.00. The Morgan fingerprint density at radius 2 is 2.14 bits per heavy atom. The summed E-state index contributed by atoms with van der Waals surface area (Å²) < 4.78 is 4.17. The normalized spacial score (nSPS) is 10.3. The van der Waals surface area contributed by atoms with E-state index in [1.165, 1.54) is 0 Å². The van der Waals surface area contributed by atoms with Crippen molar-refractivity contribution in [2.45, 2.75) is 19.9 Å². The monoisotopic (exact) mass is 322 g/mol. The van der Waals surface area contributed by atoms with Crippen LogP contribution in [0.3, 0.4) is 0 Å². The van der Waals surface area contributed by atoms with Crippen LogP contribution in [0.1, 0.15) is 22.8 Å². The molecular formula is C16H23ClN4O. The molecule has 1 aromatic heterocycles. The predicted molar refractivity (Wildman–Crippen MR) is 83.0 cm³/mol. The molecule has 0 bridgehead atoms. The Hall–Kier alpha value is -1.85. The van der Waals surface area contributed by atoms with Crippen LogP contribution < -0.4 is 28.0 Å². The molecule has 22 heavy (non-hydrogen) atoms. The van der Waals surface area contributed by atoms with Crippen LogP contribution in [-0.4, -0.2) is 23.4 Å². The van der Waals surface area contributed by atoms with E-state index in [2.05, 4.69) is 22.4 Å². The third-order valence-electron chi connectivity index (χ3n) is 3.49. The van der Waals surface area contributed by atoms with Gasteiger partial charge in [0.15, 0.2) is 5.78 Å². The summed E-state index contributed by atoms with van der Waals surface area (Å²) in [7, 11) is 2.01. The molecule has 0 spiro atoms. The molecule has 0 atom stereocenters. The van der Waals surface area contributed by atoms with Gasteiger partial charge >= 0.3 is 0 Å². The molecule has 1 aromatic carbocycles. The Balaban J connectivity index is 0.00000242. The van der Waals surface area contributed by atoms with Gasteiger partial charge in [-0.05, 0) is 31.5 Å². The molecule has 2 rings (SSSR count). The van der Waals surface area contributed by atoms with E-state index in [1.54, 1.807) is 13.0 Å². The number of imidazole rings is 1. The quantitative estimate of drug-likeness (QED) is 0.266. The molecule has 0 amide bonds. The summed E-state index contributed by atoms with van der Waals surface area (Å²) in [5.41, 5.74) is 8.43. The van der Waals surface area contributed by atoms with Crippen LogP contribution in [0.2, 0.25) is 0 Å². The highest BCUT2D eigenvalue weighted by atomic mass is 35.5. The number of hydrogen-bond donors (Lipinski definition) is 2. The minimum atomic E-state index is 0. The zero-order chi connectivity index (χ0) is 15.2. The number of aromatic nitrogens is 2. The van der Waals surface area contributed by atoms with Crippen LogP contribution in [0.4, 0.5) is 5.69 Å². The van der Waals surface area contributed by atoms with E-state index in [-0.39, 0.29) is 18.2 Å². The second kappa shape index (κ2) is 8.56. The first kappa shape index (κ1) is 18.2. The number of nitrogens with one attached hydrogen (secondary N) is 1. The lowest BCUT2D eigenvalue weighted by molar-refractivity contribution is -0.671. The average molecular weight is 323 g/mol. The molecule has 0 saturated heterocycles. The van der Waals surface area contributed by atoms with Crippen molar-refractivity contribution in [3.63, 3.8) is 0 Å². The van der Waals surface area contributed by atoms with Gasteiger partial charge in [-0.3, -0.25) is 4.79 Å². The van der Waals surface area contributed by atoms with Crippen molar-refractivity contribution in [3.05, 3.63) is 48.0 Å². The standard InChI is InChI=1S/C16H23N4O.ClH/c1-13(21)15-4-3-14(16(17)11-15)5-6-18-7-8-20-10-9-19(2)12-20;/h3-4,9-12,18H,5-8,17H2,1-2H3;1H/q+1;/p-1. The van der Waals surface area contributed by atoms with Crippen molar-refractivity contribution in [2.24, 2.45) is 7.05 Å². The molecule has 3 N–H and O–H groups in total. The average Bonchev–Trinajstić information content (AvgIpc) is 2.85. The van der Waals surface area contributed by atoms with Crippen molar-refractivity contribution in [2.75, 3.05) is 18.8 Å². The molecule has 120 valence electrons. The number of anilines is 1. The molecule has 5 nitrogen and oxygen atoms in total. The largest absolute Gasteiger partial charge is 1.00 e. The Labute approximate surface area is 137 Å². The lowest BCUT2D eigenvalue weighted by Crippen LogP contribution is -3.00. The smallest absolute Gasteiger partial charge is 0.243 e. The summed E-state index contributed by atoms with van der Waals surface area (Å²) in [5, 5.41) is 3.40. The lowest BCUT2D eigenvalue weighted by atomic mass is 10.0. The minimum Gasteiger partial charge on any atom is -1.00 e. The van der Waals surface area contributed by atoms with Gasteiger partial charge in [-0.25, -0.2) is 9.13 Å². The van der Waals surface area contributed by atoms with Crippen LogP contribution in [0, 0.1) is 0 Å². The van der Waals surface area contributed by atoms with Crippen LogP contribution in [0.5, 0.6) is 0 Å². The number of nitrogens with two attached hydrogens (primary N) is 1. The van der Waals surface area contributed by atoms with Gasteiger partial charge in [0.05, 0.1) is 7.05 Å². The maximum atomic E-state index is 11.3. The number of carbonyl (C=O) groups excluding carboxylic acids is 1. The van der Waals surface area contributed by atoms with Gasteiger partial charge in [-0.15, -0.1) is 0 Å². The number of hydrogen-bond acceptors (Lipinski definition) is 3. The van der Waals surface area contributed by atoms with Gasteiger partial charge in [0.1, 0.15) is 18.9 Å². The zero-order valence-electron chi connectivity index (χ0n) is 13.1. The van der Waals surface area contributed by atoms with Crippen LogP contribution in [0.15, 0.2) is 36.9 Å². The van der Waals surface area contributed by atoms with Crippen LogP contribution >= 0.6 is 0 Å². The second-order valence-corrected chi connectivity index (χ2v) is 5.29. The van der Waals surface area contributed by atoms with Gasteiger partial charge in [0.2, 0.25) is 6.33 Å². The summed E-state index contributed by atoms with van der Waals surface area (Å²) in [6.45, 7) is 4.29. The maximum Gasteiger partial charge on any atom is 0.243 e. The molecule has 0 aliphatic carbocycles. The number of halogens is 1. The number of nitrogens with zero attached hydrogens (tertiary/aromatic N) is 2. The van der Waals surface area contributed by atoms with E-state index < -0.39 is 0 Å². The summed E-state index contributed by atoms with van der Waals surface area (Å²) >= 11 is 0. The summed E-state index contributed by atoms with van der Waals surface area (Å²) in [4.78, 5) is 11.3. The Bertz CT molecular complexity index is 624. The number of carbonyl (C=O) groups is 1. The van der Waals surface area contributed by atoms with E-state index in [0.29, 0.717) is 11.3 Å². The van der Waals surface area contributed by atoms with Crippen LogP contribution in [-0.2, 0) is 20.0 Å². The number of ketones is 1. The number of Topliss-reactive ketones (excluding diaryl/α,β-unsaturated/α-hetero) is 1. The highest BCUT2D eigenvalue weighted by Gasteiger charge is 2.04. The van der Waals surface area contributed by atoms with Crippen molar-refractivity contribution in [3.8, 4) is 0 Å². The van der Waals surface area contributed by atoms with Crippen molar-refractivity contribution >= 4 is 11.5 Å². The van der Waals surface area contributed by atoms with E-state index in [9.17, 15) is 4.79 Å².